The summed E-state index contributed by atoms with van der Waals surface area (Å²) in [4.78, 5) is 0. The Morgan fingerprint density at radius 2 is 2.06 bits per heavy atom. The molecule has 1 N–H and O–H groups in total. The molecular formula is C10H10ClF3O2. The molecule has 90 valence electrons. The van der Waals surface area contributed by atoms with Gasteiger partial charge in [0.05, 0.1) is 6.61 Å². The van der Waals surface area contributed by atoms with Crippen molar-refractivity contribution >= 4 is 11.6 Å². The lowest BCUT2D eigenvalue weighted by molar-refractivity contribution is -0.207. The first-order valence-electron chi connectivity index (χ1n) is 4.53. The highest BCUT2D eigenvalue weighted by atomic mass is 35.5. The van der Waals surface area contributed by atoms with Crippen molar-refractivity contribution < 1.29 is 23.0 Å². The van der Waals surface area contributed by atoms with Gasteiger partial charge in [0.25, 0.3) is 0 Å². The summed E-state index contributed by atoms with van der Waals surface area (Å²) in [6, 6.07) is 3.75. The van der Waals surface area contributed by atoms with Crippen molar-refractivity contribution in [1.82, 2.24) is 0 Å². The van der Waals surface area contributed by atoms with Gasteiger partial charge in [-0.05, 0) is 25.1 Å². The van der Waals surface area contributed by atoms with Gasteiger partial charge in [-0.2, -0.15) is 13.2 Å². The number of aliphatic hydroxyl groups is 1. The molecular weight excluding hydrogens is 245 g/mol. The van der Waals surface area contributed by atoms with Crippen LogP contribution >= 0.6 is 11.6 Å². The molecule has 1 aromatic carbocycles. The van der Waals surface area contributed by atoms with Crippen LogP contribution in [0.25, 0.3) is 0 Å². The van der Waals surface area contributed by atoms with Crippen LogP contribution in [0.2, 0.25) is 5.02 Å². The summed E-state index contributed by atoms with van der Waals surface area (Å²) in [5.74, 6) is -0.0169. The largest absolute Gasteiger partial charge is 0.493 e. The van der Waals surface area contributed by atoms with E-state index in [4.69, 9.17) is 21.4 Å². The monoisotopic (exact) mass is 254 g/mol. The van der Waals surface area contributed by atoms with Gasteiger partial charge < -0.3 is 9.84 Å². The standard InChI is InChI=1S/C10H10ClF3O2/c1-2-16-8-4-3-6(11)5-7(8)9(15)10(12,13)14/h3-5,9,15H,2H2,1H3/t9-/m1/s1. The maximum Gasteiger partial charge on any atom is 0.418 e. The lowest BCUT2D eigenvalue weighted by Gasteiger charge is -2.18. The smallest absolute Gasteiger partial charge is 0.418 e. The van der Waals surface area contributed by atoms with Crippen LogP contribution in [-0.2, 0) is 0 Å². The topological polar surface area (TPSA) is 29.5 Å². The molecule has 0 unspecified atom stereocenters. The van der Waals surface area contributed by atoms with Crippen LogP contribution in [0.4, 0.5) is 13.2 Å². The Hall–Kier alpha value is -0.940. The average Bonchev–Trinajstić information content (AvgIpc) is 2.18. The summed E-state index contributed by atoms with van der Waals surface area (Å²) in [6.45, 7) is 1.84. The number of hydrogen-bond donors (Lipinski definition) is 1. The Balaban J connectivity index is 3.14. The van der Waals surface area contributed by atoms with Gasteiger partial charge in [-0.3, -0.25) is 0 Å². The summed E-state index contributed by atoms with van der Waals surface area (Å²) in [5, 5.41) is 9.24. The lowest BCUT2D eigenvalue weighted by atomic mass is 10.1. The summed E-state index contributed by atoms with van der Waals surface area (Å²) in [5.41, 5.74) is -0.373. The fraction of sp³-hybridized carbons (Fsp3) is 0.400. The molecule has 6 heteroatoms. The maximum absolute atomic E-state index is 12.3. The molecule has 0 fully saturated rings. The van der Waals surface area contributed by atoms with Crippen molar-refractivity contribution in [1.29, 1.82) is 0 Å². The molecule has 0 saturated carbocycles. The SMILES string of the molecule is CCOc1ccc(Cl)cc1[C@@H](O)C(F)(F)F. The van der Waals surface area contributed by atoms with Gasteiger partial charge in [0.15, 0.2) is 6.10 Å². The molecule has 1 atom stereocenters. The number of alkyl halides is 3. The number of benzene rings is 1. The Kier molecular flexibility index (Phi) is 4.04. The van der Waals surface area contributed by atoms with E-state index in [1.165, 1.54) is 12.1 Å². The van der Waals surface area contributed by atoms with E-state index in [1.54, 1.807) is 6.92 Å². The third-order valence-corrected chi connectivity index (χ3v) is 2.11. The molecule has 2 nitrogen and oxygen atoms in total. The van der Waals surface area contributed by atoms with Crippen LogP contribution in [-0.4, -0.2) is 17.9 Å². The average molecular weight is 255 g/mol. The van der Waals surface area contributed by atoms with Crippen LogP contribution in [0.3, 0.4) is 0 Å². The molecule has 1 aromatic rings. The quantitative estimate of drug-likeness (QED) is 0.896. The van der Waals surface area contributed by atoms with E-state index in [9.17, 15) is 13.2 Å². The number of halogens is 4. The van der Waals surface area contributed by atoms with E-state index in [0.29, 0.717) is 0 Å². The molecule has 1 rings (SSSR count). The molecule has 0 radical (unpaired) electrons. The van der Waals surface area contributed by atoms with Gasteiger partial charge in [0, 0.05) is 10.6 Å². The van der Waals surface area contributed by atoms with E-state index < -0.39 is 12.3 Å². The first-order valence-corrected chi connectivity index (χ1v) is 4.91. The van der Waals surface area contributed by atoms with E-state index in [2.05, 4.69) is 0 Å². The third-order valence-electron chi connectivity index (χ3n) is 1.88. The lowest BCUT2D eigenvalue weighted by Crippen LogP contribution is -2.21. The number of rotatable bonds is 3. The molecule has 0 amide bonds. The molecule has 0 aliphatic rings. The van der Waals surface area contributed by atoms with Crippen LogP contribution in [0.5, 0.6) is 5.75 Å². The van der Waals surface area contributed by atoms with E-state index in [-0.39, 0.29) is 22.9 Å². The highest BCUT2D eigenvalue weighted by molar-refractivity contribution is 6.30. The second-order valence-electron chi connectivity index (χ2n) is 3.06. The van der Waals surface area contributed by atoms with Gasteiger partial charge in [-0.25, -0.2) is 0 Å². The Labute approximate surface area is 95.6 Å². The van der Waals surface area contributed by atoms with Gasteiger partial charge in [-0.1, -0.05) is 11.6 Å². The highest BCUT2D eigenvalue weighted by Crippen LogP contribution is 2.38. The zero-order chi connectivity index (χ0) is 12.3. The predicted molar refractivity (Wildman–Crippen MR) is 53.6 cm³/mol. The summed E-state index contributed by atoms with van der Waals surface area (Å²) >= 11 is 5.58. The van der Waals surface area contributed by atoms with Crippen LogP contribution < -0.4 is 4.74 Å². The molecule has 0 aliphatic heterocycles. The minimum atomic E-state index is -4.74. The second kappa shape index (κ2) is 4.93. The molecule has 0 spiro atoms. The maximum atomic E-state index is 12.3. The third kappa shape index (κ3) is 3.02. The van der Waals surface area contributed by atoms with Crippen molar-refractivity contribution in [2.75, 3.05) is 6.61 Å². The van der Waals surface area contributed by atoms with E-state index in [1.807, 2.05) is 0 Å². The van der Waals surface area contributed by atoms with Gasteiger partial charge in [0.2, 0.25) is 0 Å². The molecule has 0 bridgehead atoms. The van der Waals surface area contributed by atoms with Crippen LogP contribution in [0.1, 0.15) is 18.6 Å². The zero-order valence-corrected chi connectivity index (χ0v) is 9.14. The van der Waals surface area contributed by atoms with Gasteiger partial charge >= 0.3 is 6.18 Å². The van der Waals surface area contributed by atoms with Crippen molar-refractivity contribution in [3.63, 3.8) is 0 Å². The number of ether oxygens (including phenoxy) is 1. The molecule has 16 heavy (non-hydrogen) atoms. The summed E-state index contributed by atoms with van der Waals surface area (Å²) in [6.07, 6.45) is -7.33. The minimum Gasteiger partial charge on any atom is -0.493 e. The predicted octanol–water partition coefficient (Wildman–Crippen LogP) is 3.33. The van der Waals surface area contributed by atoms with E-state index in [0.717, 1.165) is 6.07 Å². The first-order chi connectivity index (χ1) is 7.36. The molecule has 0 aromatic heterocycles. The van der Waals surface area contributed by atoms with Crippen LogP contribution in [0, 0.1) is 0 Å². The zero-order valence-electron chi connectivity index (χ0n) is 8.38. The van der Waals surface area contributed by atoms with E-state index >= 15 is 0 Å². The molecule has 0 aliphatic carbocycles. The van der Waals surface area contributed by atoms with Crippen molar-refractivity contribution in [2.45, 2.75) is 19.2 Å². The minimum absolute atomic E-state index is 0.0169. The highest BCUT2D eigenvalue weighted by Gasteiger charge is 2.41. The van der Waals surface area contributed by atoms with Gasteiger partial charge in [0.1, 0.15) is 5.75 Å². The Morgan fingerprint density at radius 3 is 2.56 bits per heavy atom. The Morgan fingerprint density at radius 1 is 1.44 bits per heavy atom. The summed E-state index contributed by atoms with van der Waals surface area (Å²) < 4.78 is 42.0. The fourth-order valence-corrected chi connectivity index (χ4v) is 1.38. The van der Waals surface area contributed by atoms with Crippen molar-refractivity contribution in [2.24, 2.45) is 0 Å². The van der Waals surface area contributed by atoms with Crippen molar-refractivity contribution in [3.8, 4) is 5.75 Å². The number of aliphatic hydroxyl groups excluding tert-OH is 1. The van der Waals surface area contributed by atoms with Crippen molar-refractivity contribution in [3.05, 3.63) is 28.8 Å². The second-order valence-corrected chi connectivity index (χ2v) is 3.50. The first kappa shape index (κ1) is 13.1. The Bertz CT molecular complexity index is 366. The molecule has 0 saturated heterocycles. The fourth-order valence-electron chi connectivity index (χ4n) is 1.20. The normalized spacial score (nSPS) is 13.6. The van der Waals surface area contributed by atoms with Gasteiger partial charge in [-0.15, -0.1) is 0 Å². The molecule has 0 heterocycles. The summed E-state index contributed by atoms with van der Waals surface area (Å²) in [7, 11) is 0. The number of hydrogen-bond acceptors (Lipinski definition) is 2. The van der Waals surface area contributed by atoms with Crippen LogP contribution in [0.15, 0.2) is 18.2 Å².